The summed E-state index contributed by atoms with van der Waals surface area (Å²) < 4.78 is 28.1. The first-order chi connectivity index (χ1) is 10.1. The Morgan fingerprint density at radius 2 is 1.62 bits per heavy atom. The highest BCUT2D eigenvalue weighted by atomic mass is 32.2. The van der Waals surface area contributed by atoms with Gasteiger partial charge in [-0.25, -0.2) is 0 Å². The third kappa shape index (κ3) is 8.22. The minimum Gasteiger partial charge on any atom is -0.270 e. The highest BCUT2D eigenvalue weighted by Crippen LogP contribution is 2.14. The van der Waals surface area contributed by atoms with E-state index in [1.165, 1.54) is 44.1 Å². The smallest absolute Gasteiger partial charge is 0.270 e. The molecule has 0 aliphatic carbocycles. The highest BCUT2D eigenvalue weighted by Gasteiger charge is 2.11. The zero-order chi connectivity index (χ0) is 15.6. The van der Waals surface area contributed by atoms with E-state index in [1.807, 2.05) is 18.2 Å². The Balaban J connectivity index is 2.42. The van der Waals surface area contributed by atoms with E-state index in [-0.39, 0.29) is 12.4 Å². The summed E-state index contributed by atoms with van der Waals surface area (Å²) in [4.78, 5) is 0. The molecule has 0 aliphatic heterocycles. The maximum atomic E-state index is 11.6. The van der Waals surface area contributed by atoms with Crippen molar-refractivity contribution in [2.75, 3.05) is 6.61 Å². The van der Waals surface area contributed by atoms with Crippen LogP contribution in [0.25, 0.3) is 0 Å². The van der Waals surface area contributed by atoms with Crippen molar-refractivity contribution in [2.24, 2.45) is 0 Å². The van der Waals surface area contributed by atoms with Crippen LogP contribution in [0.1, 0.15) is 63.5 Å². The lowest BCUT2D eigenvalue weighted by molar-refractivity contribution is 0.337. The van der Waals surface area contributed by atoms with Crippen LogP contribution in [0.4, 0.5) is 0 Å². The van der Waals surface area contributed by atoms with Crippen molar-refractivity contribution >= 4 is 10.1 Å². The number of unbranched alkanes of at least 4 members (excludes halogenated alkanes) is 5. The quantitative estimate of drug-likeness (QED) is 0.447. The van der Waals surface area contributed by atoms with E-state index < -0.39 is 10.1 Å². The van der Waals surface area contributed by atoms with Crippen molar-refractivity contribution in [3.05, 3.63) is 35.4 Å². The van der Waals surface area contributed by atoms with Gasteiger partial charge < -0.3 is 0 Å². The van der Waals surface area contributed by atoms with Gasteiger partial charge in [0.15, 0.2) is 0 Å². The van der Waals surface area contributed by atoms with Gasteiger partial charge in [0.25, 0.3) is 10.1 Å². The Labute approximate surface area is 129 Å². The van der Waals surface area contributed by atoms with Gasteiger partial charge in [0.05, 0.1) is 6.61 Å². The van der Waals surface area contributed by atoms with E-state index in [4.69, 9.17) is 4.18 Å². The first kappa shape index (κ1) is 18.2. The Hall–Kier alpha value is -0.870. The lowest BCUT2D eigenvalue weighted by Gasteiger charge is -2.06. The molecule has 0 amide bonds. The molecule has 0 saturated carbocycles. The van der Waals surface area contributed by atoms with Crippen LogP contribution in [0.15, 0.2) is 24.3 Å². The molecule has 0 saturated heterocycles. The van der Waals surface area contributed by atoms with Crippen LogP contribution in [-0.2, 0) is 26.5 Å². The summed E-state index contributed by atoms with van der Waals surface area (Å²) in [5.41, 5.74) is 2.03. The molecule has 4 heteroatoms. The second-order valence-corrected chi connectivity index (χ2v) is 7.09. The standard InChI is InChI=1S/C17H28O3S/c1-3-5-6-7-8-9-11-16-12-10-13-17(14-16)15-21(18,19)20-4-2/h10,12-14H,3-9,11,15H2,1-2H3. The van der Waals surface area contributed by atoms with Gasteiger partial charge in [-0.3, -0.25) is 4.18 Å². The van der Waals surface area contributed by atoms with E-state index in [2.05, 4.69) is 13.0 Å². The predicted octanol–water partition coefficient (Wildman–Crippen LogP) is 4.46. The topological polar surface area (TPSA) is 43.4 Å². The monoisotopic (exact) mass is 312 g/mol. The number of aryl methyl sites for hydroxylation is 1. The molecule has 0 aromatic heterocycles. The van der Waals surface area contributed by atoms with Gasteiger partial charge in [-0.05, 0) is 30.9 Å². The van der Waals surface area contributed by atoms with Gasteiger partial charge in [-0.2, -0.15) is 8.42 Å². The molecule has 0 atom stereocenters. The molecule has 3 nitrogen and oxygen atoms in total. The molecule has 0 N–H and O–H groups in total. The summed E-state index contributed by atoms with van der Waals surface area (Å²) in [6.07, 6.45) is 8.66. The first-order valence-electron chi connectivity index (χ1n) is 8.02. The predicted molar refractivity (Wildman–Crippen MR) is 87.8 cm³/mol. The average molecular weight is 312 g/mol. The van der Waals surface area contributed by atoms with Gasteiger partial charge in [-0.15, -0.1) is 0 Å². The molecule has 0 unspecified atom stereocenters. The average Bonchev–Trinajstić information content (AvgIpc) is 2.42. The van der Waals surface area contributed by atoms with Crippen LogP contribution in [0.5, 0.6) is 0 Å². The van der Waals surface area contributed by atoms with E-state index in [1.54, 1.807) is 6.92 Å². The van der Waals surface area contributed by atoms with Gasteiger partial charge in [-0.1, -0.05) is 63.3 Å². The fourth-order valence-electron chi connectivity index (χ4n) is 2.41. The molecule has 0 fully saturated rings. The number of benzene rings is 1. The highest BCUT2D eigenvalue weighted by molar-refractivity contribution is 7.85. The molecule has 0 spiro atoms. The minimum absolute atomic E-state index is 0.0365. The lowest BCUT2D eigenvalue weighted by Crippen LogP contribution is -2.08. The Morgan fingerprint density at radius 1 is 0.952 bits per heavy atom. The molecular weight excluding hydrogens is 284 g/mol. The molecule has 1 aromatic rings. The molecular formula is C17H28O3S. The Morgan fingerprint density at radius 3 is 2.33 bits per heavy atom. The van der Waals surface area contributed by atoms with Crippen molar-refractivity contribution in [3.8, 4) is 0 Å². The van der Waals surface area contributed by atoms with Gasteiger partial charge >= 0.3 is 0 Å². The SMILES string of the molecule is CCCCCCCCc1cccc(CS(=O)(=O)OCC)c1. The molecule has 1 aromatic carbocycles. The second kappa shape index (κ2) is 9.96. The molecule has 0 heterocycles. The van der Waals surface area contributed by atoms with Crippen molar-refractivity contribution < 1.29 is 12.6 Å². The lowest BCUT2D eigenvalue weighted by atomic mass is 10.0. The summed E-state index contributed by atoms with van der Waals surface area (Å²) in [5, 5.41) is 0. The van der Waals surface area contributed by atoms with Crippen LogP contribution in [-0.4, -0.2) is 15.0 Å². The number of rotatable bonds is 11. The van der Waals surface area contributed by atoms with E-state index in [9.17, 15) is 8.42 Å². The number of hydrogen-bond donors (Lipinski definition) is 0. The summed E-state index contributed by atoms with van der Waals surface area (Å²) >= 11 is 0. The van der Waals surface area contributed by atoms with E-state index >= 15 is 0 Å². The zero-order valence-corrected chi connectivity index (χ0v) is 14.1. The third-order valence-corrected chi connectivity index (χ3v) is 4.73. The summed E-state index contributed by atoms with van der Waals surface area (Å²) in [6, 6.07) is 7.84. The van der Waals surface area contributed by atoms with Crippen LogP contribution in [0.3, 0.4) is 0 Å². The summed E-state index contributed by atoms with van der Waals surface area (Å²) in [7, 11) is -3.44. The maximum Gasteiger partial charge on any atom is 0.271 e. The van der Waals surface area contributed by atoms with E-state index in [0.29, 0.717) is 0 Å². The largest absolute Gasteiger partial charge is 0.271 e. The second-order valence-electron chi connectivity index (χ2n) is 5.45. The van der Waals surface area contributed by atoms with Crippen LogP contribution < -0.4 is 0 Å². The summed E-state index contributed by atoms with van der Waals surface area (Å²) in [5.74, 6) is -0.0365. The third-order valence-electron chi connectivity index (χ3n) is 3.45. The van der Waals surface area contributed by atoms with Crippen molar-refractivity contribution in [1.29, 1.82) is 0 Å². The molecule has 120 valence electrons. The van der Waals surface area contributed by atoms with Gasteiger partial charge in [0, 0.05) is 0 Å². The molecule has 0 aliphatic rings. The summed E-state index contributed by atoms with van der Waals surface area (Å²) in [6.45, 7) is 4.11. The molecule has 0 bridgehead atoms. The fraction of sp³-hybridized carbons (Fsp3) is 0.647. The number of hydrogen-bond acceptors (Lipinski definition) is 3. The van der Waals surface area contributed by atoms with Crippen LogP contribution in [0, 0.1) is 0 Å². The van der Waals surface area contributed by atoms with Crippen LogP contribution in [0.2, 0.25) is 0 Å². The van der Waals surface area contributed by atoms with E-state index in [0.717, 1.165) is 12.0 Å². The maximum absolute atomic E-state index is 11.6. The van der Waals surface area contributed by atoms with Crippen LogP contribution >= 0.6 is 0 Å². The Kier molecular flexibility index (Phi) is 8.62. The molecule has 0 radical (unpaired) electrons. The molecule has 1 rings (SSSR count). The normalized spacial score (nSPS) is 11.7. The van der Waals surface area contributed by atoms with Crippen molar-refractivity contribution in [3.63, 3.8) is 0 Å². The minimum atomic E-state index is -3.44. The van der Waals surface area contributed by atoms with Gasteiger partial charge in [0.1, 0.15) is 5.75 Å². The van der Waals surface area contributed by atoms with Crippen molar-refractivity contribution in [1.82, 2.24) is 0 Å². The van der Waals surface area contributed by atoms with Crippen molar-refractivity contribution in [2.45, 2.75) is 64.5 Å². The Bertz CT molecular complexity index is 495. The first-order valence-corrected chi connectivity index (χ1v) is 9.60. The zero-order valence-electron chi connectivity index (χ0n) is 13.3. The molecule has 21 heavy (non-hydrogen) atoms. The fourth-order valence-corrected chi connectivity index (χ4v) is 3.44. The van der Waals surface area contributed by atoms with Gasteiger partial charge in [0.2, 0.25) is 0 Å².